The minimum atomic E-state index is -3.58. The molecule has 1 aromatic heterocycles. The molecule has 0 aliphatic carbocycles. The maximum Gasteiger partial charge on any atom is 0.243 e. The van der Waals surface area contributed by atoms with Gasteiger partial charge in [0.25, 0.3) is 0 Å². The lowest BCUT2D eigenvalue weighted by Crippen LogP contribution is -2.38. The van der Waals surface area contributed by atoms with Crippen molar-refractivity contribution in [3.8, 4) is 0 Å². The number of benzene rings is 1. The highest BCUT2D eigenvalue weighted by atomic mass is 32.2. The molecule has 2 aliphatic heterocycles. The van der Waals surface area contributed by atoms with Crippen LogP contribution < -0.4 is 5.32 Å². The Labute approximate surface area is 127 Å². The normalized spacial score (nSPS) is 17.9. The molecule has 3 heterocycles. The van der Waals surface area contributed by atoms with Crippen LogP contribution in [0.25, 0.3) is 0 Å². The van der Waals surface area contributed by atoms with Gasteiger partial charge in [0.2, 0.25) is 15.9 Å². The van der Waals surface area contributed by atoms with Gasteiger partial charge in [0.1, 0.15) is 5.82 Å². The average Bonchev–Trinajstić information content (AvgIpc) is 3.09. The van der Waals surface area contributed by atoms with E-state index in [9.17, 15) is 13.2 Å². The molecule has 2 aromatic rings. The van der Waals surface area contributed by atoms with Crippen LogP contribution in [0.1, 0.15) is 11.4 Å². The van der Waals surface area contributed by atoms with Crippen LogP contribution in [-0.2, 0) is 34.3 Å². The van der Waals surface area contributed by atoms with Crippen LogP contribution in [0.5, 0.6) is 0 Å². The number of anilines is 1. The molecule has 1 N–H and O–H groups in total. The Morgan fingerprint density at radius 3 is 2.95 bits per heavy atom. The second-order valence-electron chi connectivity index (χ2n) is 5.42. The fraction of sp³-hybridized carbons (Fsp3) is 0.286. The lowest BCUT2D eigenvalue weighted by atomic mass is 10.2. The van der Waals surface area contributed by atoms with Crippen molar-refractivity contribution in [2.24, 2.45) is 0 Å². The molecule has 0 saturated carbocycles. The van der Waals surface area contributed by atoms with Gasteiger partial charge in [-0.2, -0.15) is 4.31 Å². The number of hydrogen-bond donors (Lipinski definition) is 1. The third kappa shape index (κ3) is 2.03. The Bertz CT molecular complexity index is 872. The van der Waals surface area contributed by atoms with Crippen LogP contribution in [0.4, 0.5) is 5.69 Å². The zero-order valence-electron chi connectivity index (χ0n) is 11.7. The predicted molar refractivity (Wildman–Crippen MR) is 78.6 cm³/mol. The molecule has 0 fully saturated rings. The molecule has 1 amide bonds. The molecule has 0 radical (unpaired) electrons. The summed E-state index contributed by atoms with van der Waals surface area (Å²) in [6.45, 7) is 1.28. The number of carbonyl (C=O) groups is 1. The van der Waals surface area contributed by atoms with Crippen LogP contribution in [0, 0.1) is 0 Å². The first kappa shape index (κ1) is 13.5. The molecular weight excluding hydrogens is 304 g/mol. The van der Waals surface area contributed by atoms with E-state index in [1.54, 1.807) is 24.4 Å². The maximum atomic E-state index is 12.8. The van der Waals surface area contributed by atoms with Crippen molar-refractivity contribution in [3.63, 3.8) is 0 Å². The second kappa shape index (κ2) is 4.65. The average molecular weight is 318 g/mol. The summed E-state index contributed by atoms with van der Waals surface area (Å²) in [5.74, 6) is 0.636. The fourth-order valence-electron chi connectivity index (χ4n) is 2.87. The van der Waals surface area contributed by atoms with Gasteiger partial charge in [-0.3, -0.25) is 4.79 Å². The quantitative estimate of drug-likeness (QED) is 0.878. The van der Waals surface area contributed by atoms with Crippen LogP contribution in [-0.4, -0.2) is 34.7 Å². The molecule has 0 atom stereocenters. The summed E-state index contributed by atoms with van der Waals surface area (Å²) in [6.07, 6.45) is 3.76. The number of nitrogens with zero attached hydrogens (tertiary/aromatic N) is 3. The Balaban J connectivity index is 1.67. The number of hydrogen-bond acceptors (Lipinski definition) is 4. The smallest absolute Gasteiger partial charge is 0.243 e. The largest absolute Gasteiger partial charge is 0.333 e. The summed E-state index contributed by atoms with van der Waals surface area (Å²) in [4.78, 5) is 15.8. The van der Waals surface area contributed by atoms with Crippen molar-refractivity contribution in [2.75, 3.05) is 11.9 Å². The summed E-state index contributed by atoms with van der Waals surface area (Å²) in [7, 11) is -3.58. The van der Waals surface area contributed by atoms with E-state index in [1.165, 1.54) is 4.31 Å². The monoisotopic (exact) mass is 318 g/mol. The topological polar surface area (TPSA) is 84.3 Å². The van der Waals surface area contributed by atoms with Gasteiger partial charge in [-0.25, -0.2) is 13.4 Å². The lowest BCUT2D eigenvalue weighted by molar-refractivity contribution is -0.115. The highest BCUT2D eigenvalue weighted by Crippen LogP contribution is 2.28. The summed E-state index contributed by atoms with van der Waals surface area (Å²) in [5.41, 5.74) is 1.42. The first-order valence-electron chi connectivity index (χ1n) is 6.97. The van der Waals surface area contributed by atoms with Crippen molar-refractivity contribution >= 4 is 21.6 Å². The van der Waals surface area contributed by atoms with E-state index in [4.69, 9.17) is 0 Å². The number of sulfonamides is 1. The van der Waals surface area contributed by atoms with E-state index in [0.717, 1.165) is 11.4 Å². The Morgan fingerprint density at radius 2 is 2.09 bits per heavy atom. The van der Waals surface area contributed by atoms with E-state index in [2.05, 4.69) is 10.3 Å². The second-order valence-corrected chi connectivity index (χ2v) is 7.36. The van der Waals surface area contributed by atoms with Gasteiger partial charge in [-0.1, -0.05) is 0 Å². The molecule has 2 aliphatic rings. The van der Waals surface area contributed by atoms with Gasteiger partial charge in [0, 0.05) is 31.2 Å². The van der Waals surface area contributed by atoms with Gasteiger partial charge >= 0.3 is 0 Å². The van der Waals surface area contributed by atoms with Crippen LogP contribution in [0.3, 0.4) is 0 Å². The van der Waals surface area contributed by atoms with Crippen molar-refractivity contribution in [1.82, 2.24) is 13.9 Å². The molecule has 0 bridgehead atoms. The molecule has 114 valence electrons. The molecule has 4 rings (SSSR count). The third-order valence-electron chi connectivity index (χ3n) is 4.05. The van der Waals surface area contributed by atoms with E-state index in [0.29, 0.717) is 18.8 Å². The van der Waals surface area contributed by atoms with E-state index < -0.39 is 10.0 Å². The lowest BCUT2D eigenvalue weighted by Gasteiger charge is -2.27. The predicted octanol–water partition coefficient (Wildman–Crippen LogP) is 0.582. The zero-order chi connectivity index (χ0) is 15.3. The first-order chi connectivity index (χ1) is 10.5. The zero-order valence-corrected chi connectivity index (χ0v) is 12.5. The number of nitrogens with one attached hydrogen (secondary N) is 1. The van der Waals surface area contributed by atoms with Crippen molar-refractivity contribution < 1.29 is 13.2 Å². The van der Waals surface area contributed by atoms with Gasteiger partial charge in [0.15, 0.2) is 0 Å². The third-order valence-corrected chi connectivity index (χ3v) is 5.89. The molecule has 8 heteroatoms. The molecule has 22 heavy (non-hydrogen) atoms. The molecule has 0 unspecified atom stereocenters. The molecular formula is C14H14N4O3S. The molecule has 7 nitrogen and oxygen atoms in total. The van der Waals surface area contributed by atoms with E-state index >= 15 is 0 Å². The van der Waals surface area contributed by atoms with Gasteiger partial charge in [0.05, 0.1) is 17.9 Å². The van der Waals surface area contributed by atoms with Crippen molar-refractivity contribution in [2.45, 2.75) is 24.4 Å². The Hall–Kier alpha value is -2.19. The Kier molecular flexibility index (Phi) is 2.85. The fourth-order valence-corrected chi connectivity index (χ4v) is 4.31. The highest BCUT2D eigenvalue weighted by molar-refractivity contribution is 7.89. The maximum absolute atomic E-state index is 12.8. The minimum Gasteiger partial charge on any atom is -0.333 e. The summed E-state index contributed by atoms with van der Waals surface area (Å²) >= 11 is 0. The van der Waals surface area contributed by atoms with Crippen LogP contribution in [0.15, 0.2) is 35.5 Å². The number of carbonyl (C=O) groups excluding carboxylic acids is 1. The van der Waals surface area contributed by atoms with Crippen LogP contribution >= 0.6 is 0 Å². The summed E-state index contributed by atoms with van der Waals surface area (Å²) in [5, 5.41) is 2.70. The number of rotatable bonds is 2. The number of imidazole rings is 1. The van der Waals surface area contributed by atoms with Crippen molar-refractivity contribution in [1.29, 1.82) is 0 Å². The molecule has 0 saturated heterocycles. The first-order valence-corrected chi connectivity index (χ1v) is 8.41. The SMILES string of the molecule is O=C1Cc2cc(S(=O)(=O)N3CCn4ccnc4C3)ccc2N1. The van der Waals surface area contributed by atoms with E-state index in [-0.39, 0.29) is 23.8 Å². The highest BCUT2D eigenvalue weighted by Gasteiger charge is 2.30. The minimum absolute atomic E-state index is 0.107. The number of fused-ring (bicyclic) bond motifs is 2. The van der Waals surface area contributed by atoms with Crippen molar-refractivity contribution in [3.05, 3.63) is 42.0 Å². The summed E-state index contributed by atoms with van der Waals surface area (Å²) in [6, 6.07) is 4.78. The molecule has 0 spiro atoms. The number of amides is 1. The molecule has 1 aromatic carbocycles. The summed E-state index contributed by atoms with van der Waals surface area (Å²) < 4.78 is 29.0. The van der Waals surface area contributed by atoms with Gasteiger partial charge < -0.3 is 9.88 Å². The van der Waals surface area contributed by atoms with Gasteiger partial charge in [-0.05, 0) is 23.8 Å². The van der Waals surface area contributed by atoms with E-state index in [1.807, 2.05) is 10.8 Å². The standard InChI is InChI=1S/C14H14N4O3S/c19-14-8-10-7-11(1-2-12(10)16-14)22(20,21)18-6-5-17-4-3-15-13(17)9-18/h1-4,7H,5-6,8-9H2,(H,16,19). The van der Waals surface area contributed by atoms with Gasteiger partial charge in [-0.15, -0.1) is 0 Å². The van der Waals surface area contributed by atoms with Crippen LogP contribution in [0.2, 0.25) is 0 Å². The Morgan fingerprint density at radius 1 is 1.23 bits per heavy atom. The number of aromatic nitrogens is 2.